The molecule has 4 nitrogen and oxygen atoms in total. The maximum absolute atomic E-state index is 12.5. The fourth-order valence-corrected chi connectivity index (χ4v) is 7.80. The normalized spacial score (nSPS) is 41.4. The summed E-state index contributed by atoms with van der Waals surface area (Å²) >= 11 is 0. The molecule has 0 spiro atoms. The average Bonchev–Trinajstić information content (AvgIpc) is 3.12. The summed E-state index contributed by atoms with van der Waals surface area (Å²) in [4.78, 5) is 24.8. The number of Topliss-reactive ketones (excluding diaryl/α,β-unsaturated/α-hetero) is 1. The fourth-order valence-electron chi connectivity index (χ4n) is 7.80. The third-order valence-corrected chi connectivity index (χ3v) is 9.31. The molecule has 3 fully saturated rings. The van der Waals surface area contributed by atoms with E-state index in [-0.39, 0.29) is 29.3 Å². The molecule has 166 valence electrons. The molecule has 0 aliphatic heterocycles. The Labute approximate surface area is 185 Å². The predicted octanol–water partition coefficient (Wildman–Crippen LogP) is 5.10. The lowest BCUT2D eigenvalue weighted by molar-refractivity contribution is -0.132. The van der Waals surface area contributed by atoms with Crippen LogP contribution in [0.15, 0.2) is 42.0 Å². The molecule has 1 N–H and O–H groups in total. The number of allylic oxidation sites excluding steroid dienone is 1. The highest BCUT2D eigenvalue weighted by Crippen LogP contribution is 2.64. The van der Waals surface area contributed by atoms with E-state index >= 15 is 0 Å². The Bertz CT molecular complexity index is 905. The minimum absolute atomic E-state index is 0.0944. The van der Waals surface area contributed by atoms with Crippen LogP contribution in [0.2, 0.25) is 0 Å². The van der Waals surface area contributed by atoms with Gasteiger partial charge in [0.25, 0.3) is 0 Å². The van der Waals surface area contributed by atoms with Crippen molar-refractivity contribution < 1.29 is 19.4 Å². The highest BCUT2D eigenvalue weighted by atomic mass is 16.5. The van der Waals surface area contributed by atoms with Gasteiger partial charge in [0, 0.05) is 12.3 Å². The Hall–Kier alpha value is -1.94. The largest absolute Gasteiger partial charge is 0.458 e. The van der Waals surface area contributed by atoms with Crippen molar-refractivity contribution in [2.24, 2.45) is 29.1 Å². The molecule has 0 saturated heterocycles. The standard InChI is InChI=1S/C27H34O4/c1-17(28)22-10-11-23-21-9-8-19-16-20(31-25(29)18-6-4-3-5-7-18)12-15-27(19,30)24(21)13-14-26(22,23)2/h3-8,20-24,30H,9-16H2,1-2H3/t20-,21-,22+,23-,24-,26+,27+/m0/s1. The van der Waals surface area contributed by atoms with Gasteiger partial charge in [0.15, 0.2) is 0 Å². The van der Waals surface area contributed by atoms with Crippen LogP contribution >= 0.6 is 0 Å². The molecule has 4 aliphatic carbocycles. The second-order valence-corrected chi connectivity index (χ2v) is 10.7. The lowest BCUT2D eigenvalue weighted by Gasteiger charge is -2.56. The van der Waals surface area contributed by atoms with Crippen LogP contribution in [0.5, 0.6) is 0 Å². The van der Waals surface area contributed by atoms with Gasteiger partial charge in [0.1, 0.15) is 11.9 Å². The van der Waals surface area contributed by atoms with Gasteiger partial charge < -0.3 is 9.84 Å². The van der Waals surface area contributed by atoms with Crippen molar-refractivity contribution in [3.05, 3.63) is 47.5 Å². The van der Waals surface area contributed by atoms with E-state index in [1.165, 1.54) is 0 Å². The Morgan fingerprint density at radius 1 is 1.03 bits per heavy atom. The predicted molar refractivity (Wildman–Crippen MR) is 118 cm³/mol. The lowest BCUT2D eigenvalue weighted by Crippen LogP contribution is -2.55. The number of ketones is 1. The van der Waals surface area contributed by atoms with E-state index in [2.05, 4.69) is 13.0 Å². The summed E-state index contributed by atoms with van der Waals surface area (Å²) in [7, 11) is 0. The molecule has 1 aromatic carbocycles. The number of hydrogen-bond donors (Lipinski definition) is 1. The summed E-state index contributed by atoms with van der Waals surface area (Å²) in [6, 6.07) is 9.13. The Kier molecular flexibility index (Phi) is 5.12. The van der Waals surface area contributed by atoms with E-state index in [4.69, 9.17) is 4.74 Å². The van der Waals surface area contributed by atoms with Crippen molar-refractivity contribution in [3.63, 3.8) is 0 Å². The molecule has 0 heterocycles. The summed E-state index contributed by atoms with van der Waals surface area (Å²) in [5.41, 5.74) is 0.982. The van der Waals surface area contributed by atoms with Crippen LogP contribution in [0.25, 0.3) is 0 Å². The molecule has 5 rings (SSSR count). The van der Waals surface area contributed by atoms with Crippen LogP contribution in [0.3, 0.4) is 0 Å². The molecule has 4 heteroatoms. The van der Waals surface area contributed by atoms with Crippen LogP contribution in [-0.4, -0.2) is 28.6 Å². The van der Waals surface area contributed by atoms with Gasteiger partial charge in [-0.05, 0) is 92.7 Å². The van der Waals surface area contributed by atoms with Gasteiger partial charge >= 0.3 is 5.97 Å². The second-order valence-electron chi connectivity index (χ2n) is 10.7. The van der Waals surface area contributed by atoms with Gasteiger partial charge in [-0.2, -0.15) is 0 Å². The number of carbonyl (C=O) groups is 2. The number of fused-ring (bicyclic) bond motifs is 5. The quantitative estimate of drug-likeness (QED) is 0.543. The number of rotatable bonds is 3. The van der Waals surface area contributed by atoms with Gasteiger partial charge in [-0.1, -0.05) is 31.2 Å². The van der Waals surface area contributed by atoms with Crippen molar-refractivity contribution in [2.45, 2.75) is 76.9 Å². The summed E-state index contributed by atoms with van der Waals surface area (Å²) in [6.07, 6.45) is 9.19. The zero-order valence-electron chi connectivity index (χ0n) is 18.7. The zero-order chi connectivity index (χ0) is 21.8. The first-order valence-corrected chi connectivity index (χ1v) is 12.0. The first kappa shape index (κ1) is 20.9. The van der Waals surface area contributed by atoms with Crippen LogP contribution < -0.4 is 0 Å². The van der Waals surface area contributed by atoms with Crippen LogP contribution in [0.1, 0.15) is 75.6 Å². The summed E-state index contributed by atoms with van der Waals surface area (Å²) in [6.45, 7) is 4.09. The highest BCUT2D eigenvalue weighted by Gasteiger charge is 2.60. The van der Waals surface area contributed by atoms with Crippen molar-refractivity contribution in [1.82, 2.24) is 0 Å². The summed E-state index contributed by atoms with van der Waals surface area (Å²) in [5, 5.41) is 11.9. The Morgan fingerprint density at radius 3 is 2.55 bits per heavy atom. The van der Waals surface area contributed by atoms with Gasteiger partial charge in [-0.3, -0.25) is 4.79 Å². The smallest absolute Gasteiger partial charge is 0.338 e. The Balaban J connectivity index is 1.32. The van der Waals surface area contributed by atoms with E-state index in [1.54, 1.807) is 19.1 Å². The van der Waals surface area contributed by atoms with Crippen LogP contribution in [0, 0.1) is 29.1 Å². The first-order valence-electron chi connectivity index (χ1n) is 12.0. The number of hydrogen-bond acceptors (Lipinski definition) is 4. The van der Waals surface area contributed by atoms with Gasteiger partial charge in [-0.15, -0.1) is 0 Å². The van der Waals surface area contributed by atoms with E-state index < -0.39 is 5.60 Å². The number of esters is 1. The minimum atomic E-state index is -0.770. The molecule has 0 bridgehead atoms. The third kappa shape index (κ3) is 3.29. The van der Waals surface area contributed by atoms with Crippen molar-refractivity contribution in [1.29, 1.82) is 0 Å². The molecule has 0 aromatic heterocycles. The van der Waals surface area contributed by atoms with Crippen molar-refractivity contribution in [3.8, 4) is 0 Å². The summed E-state index contributed by atoms with van der Waals surface area (Å²) in [5.74, 6) is 1.50. The van der Waals surface area contributed by atoms with Crippen LogP contribution in [0.4, 0.5) is 0 Å². The number of ether oxygens (including phenoxy) is 1. The zero-order valence-corrected chi connectivity index (χ0v) is 18.7. The van der Waals surface area contributed by atoms with Crippen molar-refractivity contribution in [2.75, 3.05) is 0 Å². The maximum Gasteiger partial charge on any atom is 0.338 e. The molecule has 0 amide bonds. The van der Waals surface area contributed by atoms with E-state index in [0.717, 1.165) is 37.7 Å². The minimum Gasteiger partial charge on any atom is -0.458 e. The Morgan fingerprint density at radius 2 is 1.81 bits per heavy atom. The molecule has 31 heavy (non-hydrogen) atoms. The first-order chi connectivity index (χ1) is 14.8. The molecule has 4 aliphatic rings. The number of carbonyl (C=O) groups excluding carboxylic acids is 2. The monoisotopic (exact) mass is 422 g/mol. The van der Waals surface area contributed by atoms with Gasteiger partial charge in [0.05, 0.1) is 11.2 Å². The second kappa shape index (κ2) is 7.58. The molecular formula is C27H34O4. The molecule has 0 radical (unpaired) electrons. The molecule has 7 atom stereocenters. The molecule has 1 aromatic rings. The molecular weight excluding hydrogens is 388 g/mol. The average molecular weight is 423 g/mol. The lowest BCUT2D eigenvalue weighted by atomic mass is 9.50. The van der Waals surface area contributed by atoms with E-state index in [9.17, 15) is 14.7 Å². The van der Waals surface area contributed by atoms with Crippen LogP contribution in [-0.2, 0) is 9.53 Å². The SMILES string of the molecule is CC(=O)[C@H]1CC[C@H]2[C@@H]3CC=C4C[C@@H](OC(=O)c5ccccc5)CC[C@]4(O)[C@H]3CC[C@]12C. The summed E-state index contributed by atoms with van der Waals surface area (Å²) < 4.78 is 5.80. The van der Waals surface area contributed by atoms with Gasteiger partial charge in [-0.25, -0.2) is 4.79 Å². The van der Waals surface area contributed by atoms with Crippen molar-refractivity contribution >= 4 is 11.8 Å². The van der Waals surface area contributed by atoms with E-state index in [1.807, 2.05) is 18.2 Å². The molecule has 3 saturated carbocycles. The third-order valence-electron chi connectivity index (χ3n) is 9.31. The topological polar surface area (TPSA) is 63.6 Å². The van der Waals surface area contributed by atoms with E-state index in [0.29, 0.717) is 42.4 Å². The maximum atomic E-state index is 12.5. The molecule has 0 unspecified atom stereocenters. The van der Waals surface area contributed by atoms with Gasteiger partial charge in [0.2, 0.25) is 0 Å². The highest BCUT2D eigenvalue weighted by molar-refractivity contribution is 5.89. The fraction of sp³-hybridized carbons (Fsp3) is 0.630. The number of benzene rings is 1. The number of aliphatic hydroxyl groups is 1.